The SMILES string of the molecule is OP(O)O.[SrH2].[Zn]. The van der Waals surface area contributed by atoms with Gasteiger partial charge in [-0.1, -0.05) is 0 Å². The molecule has 6 heteroatoms. The molecule has 6 heavy (non-hydrogen) atoms. The van der Waals surface area contributed by atoms with Gasteiger partial charge in [0.05, 0.1) is 0 Å². The van der Waals surface area contributed by atoms with Gasteiger partial charge in [0.1, 0.15) is 0 Å². The molecule has 0 heterocycles. The van der Waals surface area contributed by atoms with Gasteiger partial charge >= 0.3 is 54.1 Å². The monoisotopic (exact) mass is 236 g/mol. The Hall–Kier alpha value is 2.41. The standard InChI is InChI=1S/H3O3P.Sr.Zn.2H/c1-4(2)3;;;;/h1-3H;;;;. The first-order valence-corrected chi connectivity index (χ1v) is 1.80. The second-order valence-corrected chi connectivity index (χ2v) is 0.805. The van der Waals surface area contributed by atoms with Crippen molar-refractivity contribution in [2.45, 2.75) is 0 Å². The normalized spacial score (nSPS) is 6.00. The van der Waals surface area contributed by atoms with E-state index in [0.29, 0.717) is 0 Å². The maximum absolute atomic E-state index is 7.23. The van der Waals surface area contributed by atoms with Crippen LogP contribution in [0.25, 0.3) is 0 Å². The topological polar surface area (TPSA) is 60.7 Å². The molecule has 0 bridgehead atoms. The van der Waals surface area contributed by atoms with Crippen molar-refractivity contribution < 1.29 is 34.2 Å². The molecule has 0 saturated carbocycles. The maximum atomic E-state index is 7.23. The van der Waals surface area contributed by atoms with Gasteiger partial charge in [-0.15, -0.1) is 0 Å². The van der Waals surface area contributed by atoms with Gasteiger partial charge in [0.25, 0.3) is 0 Å². The summed E-state index contributed by atoms with van der Waals surface area (Å²) in [7, 11) is -2.62. The van der Waals surface area contributed by atoms with Crippen molar-refractivity contribution in [3.63, 3.8) is 0 Å². The van der Waals surface area contributed by atoms with Crippen molar-refractivity contribution in [3.05, 3.63) is 0 Å². The zero-order valence-electron chi connectivity index (χ0n) is 2.50. The molecule has 0 aromatic carbocycles. The molecule has 0 amide bonds. The van der Waals surface area contributed by atoms with Gasteiger partial charge < -0.3 is 14.7 Å². The largest absolute Gasteiger partial charge is 0 e. The Labute approximate surface area is 86.8 Å². The smallest absolute Gasteiger partial charge is 0 e. The van der Waals surface area contributed by atoms with E-state index in [2.05, 4.69) is 0 Å². The molecular formula is H5O3PSrZn. The molecule has 0 aromatic heterocycles. The van der Waals surface area contributed by atoms with Crippen molar-refractivity contribution in [1.29, 1.82) is 0 Å². The van der Waals surface area contributed by atoms with Crippen LogP contribution < -0.4 is 0 Å². The Morgan fingerprint density at radius 3 is 1.00 bits per heavy atom. The van der Waals surface area contributed by atoms with Gasteiger partial charge in [-0.2, -0.15) is 0 Å². The molecule has 3 nitrogen and oxygen atoms in total. The summed E-state index contributed by atoms with van der Waals surface area (Å²) in [6.45, 7) is 0. The first-order valence-electron chi connectivity index (χ1n) is 0.600. The van der Waals surface area contributed by atoms with Crippen LogP contribution in [-0.2, 0) is 19.5 Å². The van der Waals surface area contributed by atoms with Crippen LogP contribution >= 0.6 is 8.60 Å². The fourth-order valence-corrected chi connectivity index (χ4v) is 0. The summed E-state index contributed by atoms with van der Waals surface area (Å²) < 4.78 is 0. The van der Waals surface area contributed by atoms with E-state index in [-0.39, 0.29) is 65.0 Å². The van der Waals surface area contributed by atoms with Gasteiger partial charge in [0, 0.05) is 19.5 Å². The first kappa shape index (κ1) is 15.8. The molecule has 0 atom stereocenters. The molecule has 0 aliphatic carbocycles. The van der Waals surface area contributed by atoms with Crippen molar-refractivity contribution in [1.82, 2.24) is 0 Å². The summed E-state index contributed by atoms with van der Waals surface area (Å²) in [5.41, 5.74) is 0. The minimum Gasteiger partial charge on any atom is 0 e. The quantitative estimate of drug-likeness (QED) is 0.346. The molecular weight excluding hydrogens is 232 g/mol. The van der Waals surface area contributed by atoms with Crippen LogP contribution in [-0.4, -0.2) is 60.2 Å². The summed E-state index contributed by atoms with van der Waals surface area (Å²) in [6, 6.07) is 0. The van der Waals surface area contributed by atoms with Crippen molar-refractivity contribution in [3.8, 4) is 0 Å². The molecule has 32 valence electrons. The van der Waals surface area contributed by atoms with E-state index in [0.717, 1.165) is 0 Å². The Balaban J connectivity index is -0.0000000450. The fourth-order valence-electron chi connectivity index (χ4n) is 0. The predicted molar refractivity (Wildman–Crippen MR) is 22.1 cm³/mol. The first-order chi connectivity index (χ1) is 1.73. The second kappa shape index (κ2) is 10.4. The van der Waals surface area contributed by atoms with Gasteiger partial charge in [-0.25, -0.2) is 0 Å². The van der Waals surface area contributed by atoms with E-state index < -0.39 is 8.60 Å². The average molecular weight is 237 g/mol. The van der Waals surface area contributed by atoms with Crippen LogP contribution in [0.1, 0.15) is 0 Å². The van der Waals surface area contributed by atoms with Gasteiger partial charge in [-0.3, -0.25) is 0 Å². The summed E-state index contributed by atoms with van der Waals surface area (Å²) >= 11 is 0. The third-order valence-corrected chi connectivity index (χ3v) is 0. The Kier molecular flexibility index (Phi) is 27.4. The molecule has 0 rings (SSSR count). The molecule has 0 aromatic rings. The van der Waals surface area contributed by atoms with Crippen molar-refractivity contribution in [2.24, 2.45) is 0 Å². The van der Waals surface area contributed by atoms with E-state index >= 15 is 0 Å². The predicted octanol–water partition coefficient (Wildman–Crippen LogP) is -1.73. The van der Waals surface area contributed by atoms with E-state index in [1.165, 1.54) is 0 Å². The molecule has 0 spiro atoms. The number of rotatable bonds is 0. The van der Waals surface area contributed by atoms with Gasteiger partial charge in [0.15, 0.2) is 0 Å². The third-order valence-electron chi connectivity index (χ3n) is 0. The Morgan fingerprint density at radius 2 is 1.00 bits per heavy atom. The molecule has 0 unspecified atom stereocenters. The van der Waals surface area contributed by atoms with E-state index in [1.54, 1.807) is 0 Å². The molecule has 0 aliphatic heterocycles. The molecule has 3 N–H and O–H groups in total. The molecule has 0 fully saturated rings. The molecule has 0 aliphatic rings. The van der Waals surface area contributed by atoms with E-state index in [9.17, 15) is 0 Å². The minimum absolute atomic E-state index is 0. The molecule has 0 saturated heterocycles. The van der Waals surface area contributed by atoms with Crippen LogP contribution in [0.15, 0.2) is 0 Å². The zero-order chi connectivity index (χ0) is 3.58. The average Bonchev–Trinajstić information content (AvgIpc) is 0.811. The summed E-state index contributed by atoms with van der Waals surface area (Å²) in [6.07, 6.45) is 0. The Bertz CT molecular complexity index is 15.5. The van der Waals surface area contributed by atoms with Crippen LogP contribution in [0.2, 0.25) is 0 Å². The Morgan fingerprint density at radius 1 is 1.00 bits per heavy atom. The van der Waals surface area contributed by atoms with Crippen LogP contribution in [0.3, 0.4) is 0 Å². The van der Waals surface area contributed by atoms with E-state index in [1.807, 2.05) is 0 Å². The van der Waals surface area contributed by atoms with Crippen LogP contribution in [0, 0.1) is 0 Å². The summed E-state index contributed by atoms with van der Waals surface area (Å²) in [5, 5.41) is 0. The number of hydrogen-bond donors (Lipinski definition) is 3. The van der Waals surface area contributed by atoms with Crippen molar-refractivity contribution in [2.75, 3.05) is 0 Å². The summed E-state index contributed by atoms with van der Waals surface area (Å²) in [5.74, 6) is 0. The van der Waals surface area contributed by atoms with Gasteiger partial charge in [0.2, 0.25) is 0 Å². The zero-order valence-corrected chi connectivity index (χ0v) is 6.36. The summed E-state index contributed by atoms with van der Waals surface area (Å²) in [4.78, 5) is 21.7. The van der Waals surface area contributed by atoms with Crippen molar-refractivity contribution >= 4 is 54.1 Å². The maximum Gasteiger partial charge on any atom is 0 e. The van der Waals surface area contributed by atoms with Crippen LogP contribution in [0.5, 0.6) is 0 Å². The van der Waals surface area contributed by atoms with Gasteiger partial charge in [-0.05, 0) is 0 Å². The second-order valence-electron chi connectivity index (χ2n) is 0.268. The van der Waals surface area contributed by atoms with Crippen LogP contribution in [0.4, 0.5) is 0 Å². The third kappa shape index (κ3) is 32.3. The molecule has 0 radical (unpaired) electrons. The minimum atomic E-state index is -2.62. The fraction of sp³-hybridized carbons (Fsp3) is 0. The van der Waals surface area contributed by atoms with E-state index in [4.69, 9.17) is 14.7 Å². The number of hydrogen-bond acceptors (Lipinski definition) is 3.